The molecule has 2 rings (SSSR count). The summed E-state index contributed by atoms with van der Waals surface area (Å²) < 4.78 is 0. The molecule has 0 spiro atoms. The van der Waals surface area contributed by atoms with Gasteiger partial charge in [-0.1, -0.05) is 13.8 Å². The number of amides is 1. The number of aromatic amines is 2. The molecule has 0 aliphatic rings. The van der Waals surface area contributed by atoms with Crippen molar-refractivity contribution in [2.45, 2.75) is 26.7 Å². The molecule has 0 bridgehead atoms. The van der Waals surface area contributed by atoms with E-state index >= 15 is 0 Å². The van der Waals surface area contributed by atoms with Crippen LogP contribution in [0, 0.1) is 5.92 Å². The summed E-state index contributed by atoms with van der Waals surface area (Å²) in [5, 5.41) is 16.1. The van der Waals surface area contributed by atoms with Crippen LogP contribution in [0.15, 0.2) is 6.07 Å². The third kappa shape index (κ3) is 3.81. The van der Waals surface area contributed by atoms with Crippen molar-refractivity contribution in [3.05, 3.63) is 23.3 Å². The van der Waals surface area contributed by atoms with Gasteiger partial charge in [0, 0.05) is 18.7 Å². The molecule has 108 valence electrons. The van der Waals surface area contributed by atoms with Crippen LogP contribution in [0.4, 0.5) is 5.95 Å². The van der Waals surface area contributed by atoms with E-state index in [0.717, 1.165) is 12.1 Å². The number of anilines is 1. The monoisotopic (exact) mass is 277 g/mol. The SMILES string of the molecule is CC(C)Cc1cc(C(=O)NCCc2nc(N)n[nH]2)n[nH]1. The van der Waals surface area contributed by atoms with E-state index in [4.69, 9.17) is 5.73 Å². The normalized spacial score (nSPS) is 10.9. The Bertz CT molecular complexity index is 572. The second-order valence-electron chi connectivity index (χ2n) is 5.02. The minimum absolute atomic E-state index is 0.205. The van der Waals surface area contributed by atoms with E-state index in [2.05, 4.69) is 44.5 Å². The molecule has 0 aliphatic heterocycles. The standard InChI is InChI=1S/C12H19N7O/c1-7(2)5-8-6-9(17-16-8)11(20)14-4-3-10-15-12(13)19-18-10/h6-7H,3-5H2,1-2H3,(H,14,20)(H,16,17)(H3,13,15,18,19). The molecule has 0 aliphatic carbocycles. The third-order valence-corrected chi connectivity index (χ3v) is 2.69. The molecule has 0 fully saturated rings. The predicted octanol–water partition coefficient (Wildman–Crippen LogP) is 0.281. The second-order valence-corrected chi connectivity index (χ2v) is 5.02. The van der Waals surface area contributed by atoms with Crippen molar-refractivity contribution >= 4 is 11.9 Å². The number of carbonyl (C=O) groups excluding carboxylic acids is 1. The van der Waals surface area contributed by atoms with Gasteiger partial charge < -0.3 is 11.1 Å². The van der Waals surface area contributed by atoms with E-state index in [1.54, 1.807) is 6.07 Å². The Morgan fingerprint density at radius 1 is 1.40 bits per heavy atom. The van der Waals surface area contributed by atoms with Crippen molar-refractivity contribution in [3.63, 3.8) is 0 Å². The molecule has 5 N–H and O–H groups in total. The zero-order chi connectivity index (χ0) is 14.5. The summed E-state index contributed by atoms with van der Waals surface area (Å²) in [6.45, 7) is 4.67. The fourth-order valence-corrected chi connectivity index (χ4v) is 1.83. The van der Waals surface area contributed by atoms with Crippen LogP contribution >= 0.6 is 0 Å². The number of hydrogen-bond donors (Lipinski definition) is 4. The molecule has 0 saturated heterocycles. The van der Waals surface area contributed by atoms with Crippen molar-refractivity contribution in [3.8, 4) is 0 Å². The molecule has 0 radical (unpaired) electrons. The number of rotatable bonds is 6. The third-order valence-electron chi connectivity index (χ3n) is 2.69. The molecule has 1 amide bonds. The Labute approximate surface area is 116 Å². The van der Waals surface area contributed by atoms with Crippen molar-refractivity contribution < 1.29 is 4.79 Å². The van der Waals surface area contributed by atoms with Crippen molar-refractivity contribution in [1.82, 2.24) is 30.7 Å². The Morgan fingerprint density at radius 3 is 2.85 bits per heavy atom. The van der Waals surface area contributed by atoms with E-state index in [9.17, 15) is 4.79 Å². The van der Waals surface area contributed by atoms with Gasteiger partial charge in [-0.25, -0.2) is 0 Å². The lowest BCUT2D eigenvalue weighted by Crippen LogP contribution is -2.26. The maximum Gasteiger partial charge on any atom is 0.271 e. The number of nitrogen functional groups attached to an aromatic ring is 1. The summed E-state index contributed by atoms with van der Waals surface area (Å²) in [5.41, 5.74) is 6.76. The predicted molar refractivity (Wildman–Crippen MR) is 74.0 cm³/mol. The Kier molecular flexibility index (Phi) is 4.34. The molecule has 2 aromatic heterocycles. The van der Waals surface area contributed by atoms with Crippen molar-refractivity contribution in [2.75, 3.05) is 12.3 Å². The summed E-state index contributed by atoms with van der Waals surface area (Å²) in [6.07, 6.45) is 1.41. The van der Waals surface area contributed by atoms with Crippen LogP contribution in [0.1, 0.15) is 35.9 Å². The van der Waals surface area contributed by atoms with Gasteiger partial charge in [0.05, 0.1) is 0 Å². The van der Waals surface area contributed by atoms with E-state index in [1.165, 1.54) is 0 Å². The van der Waals surface area contributed by atoms with Crippen LogP contribution in [0.5, 0.6) is 0 Å². The average molecular weight is 277 g/mol. The highest BCUT2D eigenvalue weighted by molar-refractivity contribution is 5.92. The van der Waals surface area contributed by atoms with E-state index in [-0.39, 0.29) is 11.9 Å². The van der Waals surface area contributed by atoms with Crippen LogP contribution in [-0.2, 0) is 12.8 Å². The van der Waals surface area contributed by atoms with Gasteiger partial charge in [0.2, 0.25) is 5.95 Å². The topological polar surface area (TPSA) is 125 Å². The molecule has 0 atom stereocenters. The van der Waals surface area contributed by atoms with Gasteiger partial charge in [-0.3, -0.25) is 15.0 Å². The fraction of sp³-hybridized carbons (Fsp3) is 0.500. The highest BCUT2D eigenvalue weighted by Gasteiger charge is 2.11. The van der Waals surface area contributed by atoms with Crippen LogP contribution in [0.3, 0.4) is 0 Å². The number of nitrogens with one attached hydrogen (secondary N) is 3. The number of aromatic nitrogens is 5. The van der Waals surface area contributed by atoms with Crippen LogP contribution in [0.25, 0.3) is 0 Å². The Balaban J connectivity index is 1.81. The van der Waals surface area contributed by atoms with Gasteiger partial charge in [0.15, 0.2) is 0 Å². The number of nitrogens with two attached hydrogens (primary N) is 1. The van der Waals surface area contributed by atoms with Gasteiger partial charge >= 0.3 is 0 Å². The van der Waals surface area contributed by atoms with Crippen molar-refractivity contribution in [2.24, 2.45) is 5.92 Å². The molecule has 2 aromatic rings. The highest BCUT2D eigenvalue weighted by Crippen LogP contribution is 2.06. The first-order valence-corrected chi connectivity index (χ1v) is 6.54. The number of H-pyrrole nitrogens is 2. The quantitative estimate of drug-likeness (QED) is 0.603. The molecular weight excluding hydrogens is 258 g/mol. The Morgan fingerprint density at radius 2 is 2.20 bits per heavy atom. The second kappa shape index (κ2) is 6.18. The minimum atomic E-state index is -0.205. The summed E-state index contributed by atoms with van der Waals surface area (Å²) >= 11 is 0. The molecule has 0 saturated carbocycles. The van der Waals surface area contributed by atoms with Gasteiger partial charge in [-0.2, -0.15) is 10.1 Å². The lowest BCUT2D eigenvalue weighted by atomic mass is 10.1. The maximum absolute atomic E-state index is 11.9. The first-order valence-electron chi connectivity index (χ1n) is 6.54. The number of nitrogens with zero attached hydrogens (tertiary/aromatic N) is 3. The molecule has 0 unspecified atom stereocenters. The lowest BCUT2D eigenvalue weighted by Gasteiger charge is -2.00. The van der Waals surface area contributed by atoms with E-state index in [1.807, 2.05) is 0 Å². The van der Waals surface area contributed by atoms with Gasteiger partial charge in [-0.05, 0) is 18.4 Å². The summed E-state index contributed by atoms with van der Waals surface area (Å²) in [6, 6.07) is 1.78. The van der Waals surface area contributed by atoms with E-state index in [0.29, 0.717) is 30.4 Å². The zero-order valence-electron chi connectivity index (χ0n) is 11.6. The largest absolute Gasteiger partial charge is 0.367 e. The van der Waals surface area contributed by atoms with Crippen molar-refractivity contribution in [1.29, 1.82) is 0 Å². The summed E-state index contributed by atoms with van der Waals surface area (Å²) in [7, 11) is 0. The summed E-state index contributed by atoms with van der Waals surface area (Å²) in [4.78, 5) is 15.8. The fourth-order valence-electron chi connectivity index (χ4n) is 1.83. The van der Waals surface area contributed by atoms with Gasteiger partial charge in [-0.15, -0.1) is 5.10 Å². The number of carbonyl (C=O) groups is 1. The van der Waals surface area contributed by atoms with Crippen LogP contribution < -0.4 is 11.1 Å². The molecule has 0 aromatic carbocycles. The molecule has 8 heteroatoms. The van der Waals surface area contributed by atoms with Crippen LogP contribution in [-0.4, -0.2) is 37.8 Å². The molecular formula is C12H19N7O. The lowest BCUT2D eigenvalue weighted by molar-refractivity contribution is 0.0949. The minimum Gasteiger partial charge on any atom is -0.367 e. The van der Waals surface area contributed by atoms with Gasteiger partial charge in [0.25, 0.3) is 5.91 Å². The molecule has 2 heterocycles. The smallest absolute Gasteiger partial charge is 0.271 e. The number of hydrogen-bond acceptors (Lipinski definition) is 5. The average Bonchev–Trinajstić information content (AvgIpc) is 2.98. The molecule has 8 nitrogen and oxygen atoms in total. The first kappa shape index (κ1) is 14.0. The highest BCUT2D eigenvalue weighted by atomic mass is 16.1. The zero-order valence-corrected chi connectivity index (χ0v) is 11.6. The first-order chi connectivity index (χ1) is 9.54. The van der Waals surface area contributed by atoms with Crippen LogP contribution in [0.2, 0.25) is 0 Å². The summed E-state index contributed by atoms with van der Waals surface area (Å²) in [5.74, 6) is 1.16. The maximum atomic E-state index is 11.9. The Hall–Kier alpha value is -2.38. The van der Waals surface area contributed by atoms with E-state index < -0.39 is 0 Å². The van der Waals surface area contributed by atoms with Gasteiger partial charge in [0.1, 0.15) is 11.5 Å². The molecule has 20 heavy (non-hydrogen) atoms.